The molecule has 0 amide bonds. The minimum absolute atomic E-state index is 0.294. The third-order valence-corrected chi connectivity index (χ3v) is 6.80. The van der Waals surface area contributed by atoms with E-state index in [1.165, 1.54) is 4.90 Å². The minimum Gasteiger partial charge on any atom is -0.439 e. The van der Waals surface area contributed by atoms with Gasteiger partial charge in [-0.1, -0.05) is 54.9 Å². The molecule has 1 N–H and O–H groups in total. The van der Waals surface area contributed by atoms with Crippen molar-refractivity contribution in [1.82, 2.24) is 0 Å². The number of anilines is 1. The lowest BCUT2D eigenvalue weighted by molar-refractivity contribution is -0.652. The molecule has 0 aliphatic carbocycles. The Balaban J connectivity index is 1.56. The molecule has 0 radical (unpaired) electrons. The molecular weight excluding hydrogens is 500 g/mol. The first kappa shape index (κ1) is 24.1. The van der Waals surface area contributed by atoms with Gasteiger partial charge in [-0.05, 0) is 47.4 Å². The minimum atomic E-state index is -4.34. The van der Waals surface area contributed by atoms with Gasteiger partial charge in [0.15, 0.2) is 11.6 Å². The predicted octanol–water partition coefficient (Wildman–Crippen LogP) is 5.96. The zero-order valence-electron chi connectivity index (χ0n) is 19.7. The zero-order valence-corrected chi connectivity index (χ0v) is 21.3. The van der Waals surface area contributed by atoms with Crippen LogP contribution >= 0.6 is 11.6 Å². The molecule has 0 saturated heterocycles. The van der Waals surface area contributed by atoms with Gasteiger partial charge in [-0.3, -0.25) is 9.45 Å². The number of aryl methyl sites for hydroxylation is 1. The highest BCUT2D eigenvalue weighted by Gasteiger charge is 2.30. The van der Waals surface area contributed by atoms with E-state index in [9.17, 15) is 13.0 Å². The Bertz CT molecular complexity index is 1620. The van der Waals surface area contributed by atoms with Gasteiger partial charge in [0.2, 0.25) is 11.5 Å². The smallest absolute Gasteiger partial charge is 0.374 e. The summed E-state index contributed by atoms with van der Waals surface area (Å²) in [5.41, 5.74) is 4.82. The number of ether oxygens (including phenoxy) is 1. The molecule has 0 bridgehead atoms. The van der Waals surface area contributed by atoms with Crippen LogP contribution < -0.4 is 14.2 Å². The van der Waals surface area contributed by atoms with Crippen LogP contribution in [0.15, 0.2) is 88.7 Å². The van der Waals surface area contributed by atoms with Crippen molar-refractivity contribution in [3.8, 4) is 16.9 Å². The van der Waals surface area contributed by atoms with Crippen molar-refractivity contribution >= 4 is 44.6 Å². The first-order valence-corrected chi connectivity index (χ1v) is 13.3. The van der Waals surface area contributed by atoms with Crippen LogP contribution in [-0.2, 0) is 17.2 Å². The zero-order chi connectivity index (χ0) is 25.4. The third-order valence-electron chi connectivity index (χ3n) is 5.98. The van der Waals surface area contributed by atoms with Crippen molar-refractivity contribution in [1.29, 1.82) is 0 Å². The van der Waals surface area contributed by atoms with Crippen molar-refractivity contribution in [2.45, 2.75) is 13.3 Å². The average molecular weight is 524 g/mol. The molecule has 0 saturated carbocycles. The summed E-state index contributed by atoms with van der Waals surface area (Å²) in [6, 6.07) is 20.7. The summed E-state index contributed by atoms with van der Waals surface area (Å²) in [4.78, 5) is 1.46. The van der Waals surface area contributed by atoms with E-state index in [1.807, 2.05) is 79.2 Å². The summed E-state index contributed by atoms with van der Waals surface area (Å²) in [6.07, 6.45) is 4.25. The Morgan fingerprint density at radius 1 is 1.08 bits per heavy atom. The standard InChI is InChI=1S/C27H23ClN2O5S/c1-3-18(13-26-29(2)22-16-21(28)10-12-24(22)34-26)14-27-30(17-36(31,32)33)23-15-20(9-11-25(23)35-27)19-7-5-4-6-8-19/h4-16H,3,17H2,1-2H3/p+1. The molecule has 3 aromatic carbocycles. The molecule has 5 rings (SSSR count). The largest absolute Gasteiger partial charge is 0.439 e. The topological polar surface area (TPSA) is 83.9 Å². The van der Waals surface area contributed by atoms with E-state index in [2.05, 4.69) is 0 Å². The van der Waals surface area contributed by atoms with Gasteiger partial charge < -0.3 is 9.15 Å². The highest BCUT2D eigenvalue weighted by atomic mass is 35.5. The molecule has 1 aliphatic rings. The summed E-state index contributed by atoms with van der Waals surface area (Å²) in [7, 11) is -2.46. The van der Waals surface area contributed by atoms with Crippen LogP contribution in [-0.4, -0.2) is 18.8 Å². The Kier molecular flexibility index (Phi) is 6.34. The van der Waals surface area contributed by atoms with Crippen molar-refractivity contribution in [2.75, 3.05) is 10.8 Å². The molecule has 36 heavy (non-hydrogen) atoms. The summed E-state index contributed by atoms with van der Waals surface area (Å²) in [6.45, 7) is 1.98. The maximum Gasteiger partial charge on any atom is 0.374 e. The lowest BCUT2D eigenvalue weighted by atomic mass is 10.0. The summed E-state index contributed by atoms with van der Waals surface area (Å²) >= 11 is 6.14. The van der Waals surface area contributed by atoms with Crippen LogP contribution in [0.5, 0.6) is 5.75 Å². The first-order valence-electron chi connectivity index (χ1n) is 11.3. The molecule has 1 aliphatic heterocycles. The van der Waals surface area contributed by atoms with E-state index in [-0.39, 0.29) is 0 Å². The fraction of sp³-hybridized carbons (Fsp3) is 0.148. The number of aromatic nitrogens is 1. The number of nitrogens with zero attached hydrogens (tertiary/aromatic N) is 2. The Morgan fingerprint density at radius 2 is 1.86 bits per heavy atom. The second-order valence-electron chi connectivity index (χ2n) is 8.46. The van der Waals surface area contributed by atoms with E-state index in [4.69, 9.17) is 20.8 Å². The van der Waals surface area contributed by atoms with Crippen molar-refractivity contribution < 1.29 is 26.7 Å². The van der Waals surface area contributed by atoms with Gasteiger partial charge in [0.05, 0.1) is 11.8 Å². The van der Waals surface area contributed by atoms with Crippen LogP contribution in [0.1, 0.15) is 19.2 Å². The first-order chi connectivity index (χ1) is 17.2. The van der Waals surface area contributed by atoms with Gasteiger partial charge in [-0.15, -0.1) is 0 Å². The third kappa shape index (κ3) is 4.88. The maximum atomic E-state index is 11.9. The molecule has 0 fully saturated rings. The van der Waals surface area contributed by atoms with Gasteiger partial charge in [-0.25, -0.2) is 0 Å². The lowest BCUT2D eigenvalue weighted by Crippen LogP contribution is -2.29. The van der Waals surface area contributed by atoms with Crippen molar-refractivity contribution in [3.05, 3.63) is 95.2 Å². The van der Waals surface area contributed by atoms with E-state index in [0.717, 1.165) is 22.2 Å². The molecule has 0 spiro atoms. The van der Waals surface area contributed by atoms with Gasteiger partial charge in [0.1, 0.15) is 7.05 Å². The molecule has 0 unspecified atom stereocenters. The molecule has 7 nitrogen and oxygen atoms in total. The second kappa shape index (κ2) is 9.46. The monoisotopic (exact) mass is 523 g/mol. The van der Waals surface area contributed by atoms with E-state index < -0.39 is 16.0 Å². The molecule has 4 aromatic rings. The summed E-state index contributed by atoms with van der Waals surface area (Å²) in [5.74, 6) is 0.758. The number of benzene rings is 3. The summed E-state index contributed by atoms with van der Waals surface area (Å²) in [5, 5.41) is 0.611. The van der Waals surface area contributed by atoms with Crippen LogP contribution in [0.4, 0.5) is 5.69 Å². The Labute approximate surface area is 214 Å². The van der Waals surface area contributed by atoms with Gasteiger partial charge in [0.25, 0.3) is 15.6 Å². The second-order valence-corrected chi connectivity index (χ2v) is 10.3. The fourth-order valence-electron chi connectivity index (χ4n) is 4.14. The Morgan fingerprint density at radius 3 is 2.58 bits per heavy atom. The summed E-state index contributed by atoms with van der Waals surface area (Å²) < 4.78 is 47.4. The number of hydrogen-bond acceptors (Lipinski definition) is 5. The van der Waals surface area contributed by atoms with Crippen LogP contribution in [0.2, 0.25) is 5.02 Å². The number of fused-ring (bicyclic) bond motifs is 2. The van der Waals surface area contributed by atoms with Crippen LogP contribution in [0.3, 0.4) is 0 Å². The molecule has 2 heterocycles. The number of allylic oxidation sites excluding steroid dienone is 2. The number of oxazole rings is 1. The lowest BCUT2D eigenvalue weighted by Gasteiger charge is -2.17. The molecule has 1 aromatic heterocycles. The fourth-order valence-corrected chi connectivity index (χ4v) is 4.90. The predicted molar refractivity (Wildman–Crippen MR) is 140 cm³/mol. The Hall–Kier alpha value is -3.59. The highest BCUT2D eigenvalue weighted by Crippen LogP contribution is 2.42. The maximum absolute atomic E-state index is 11.9. The van der Waals surface area contributed by atoms with Crippen molar-refractivity contribution in [3.63, 3.8) is 0 Å². The number of rotatable bonds is 6. The molecule has 184 valence electrons. The highest BCUT2D eigenvalue weighted by molar-refractivity contribution is 7.85. The number of halogens is 1. The average Bonchev–Trinajstić information content (AvgIpc) is 3.34. The van der Waals surface area contributed by atoms with Crippen LogP contribution in [0, 0.1) is 0 Å². The van der Waals surface area contributed by atoms with E-state index >= 15 is 0 Å². The molecule has 0 atom stereocenters. The molecule has 9 heteroatoms. The van der Waals surface area contributed by atoms with Gasteiger partial charge in [-0.2, -0.15) is 13.0 Å². The normalized spacial score (nSPS) is 14.9. The van der Waals surface area contributed by atoms with Crippen molar-refractivity contribution in [2.24, 2.45) is 7.05 Å². The number of hydrogen-bond donors (Lipinski definition) is 1. The van der Waals surface area contributed by atoms with Gasteiger partial charge in [0, 0.05) is 17.2 Å². The van der Waals surface area contributed by atoms with Gasteiger partial charge >= 0.3 is 5.89 Å². The van der Waals surface area contributed by atoms with Crippen LogP contribution in [0.25, 0.3) is 28.3 Å². The quantitative estimate of drug-likeness (QED) is 0.248. The molecular formula is C27H24ClN2O5S+. The van der Waals surface area contributed by atoms with E-state index in [0.29, 0.717) is 40.2 Å². The SMILES string of the molecule is CCC(=Cc1oc2ccc(Cl)cc2[n+]1C)C=C1Oc2ccc(-c3ccccc3)cc2N1CS(=O)(=O)O. The van der Waals surface area contributed by atoms with E-state index in [1.54, 1.807) is 18.2 Å².